The van der Waals surface area contributed by atoms with Gasteiger partial charge in [-0.3, -0.25) is 4.99 Å². The van der Waals surface area contributed by atoms with Crippen LogP contribution >= 0.6 is 0 Å². The molecule has 1 saturated carbocycles. The van der Waals surface area contributed by atoms with Crippen LogP contribution in [0.2, 0.25) is 0 Å². The van der Waals surface area contributed by atoms with Crippen molar-refractivity contribution in [1.82, 2.24) is 10.2 Å². The van der Waals surface area contributed by atoms with Crippen LogP contribution in [0.4, 0.5) is 4.79 Å². The molecule has 128 valence electrons. The van der Waals surface area contributed by atoms with Crippen molar-refractivity contribution in [2.24, 2.45) is 10.7 Å². The summed E-state index contributed by atoms with van der Waals surface area (Å²) in [4.78, 5) is 18.3. The number of carbonyl (C=O) groups is 1. The number of rotatable bonds is 4. The van der Waals surface area contributed by atoms with Gasteiger partial charge in [-0.1, -0.05) is 25.7 Å². The molecule has 0 aromatic carbocycles. The number of nitrogens with two attached hydrogens (primary N) is 1. The molecule has 0 unspecified atom stereocenters. The molecule has 1 aliphatic rings. The first kappa shape index (κ1) is 18.6. The van der Waals surface area contributed by atoms with Gasteiger partial charge in [-0.05, 0) is 33.6 Å². The van der Waals surface area contributed by atoms with Crippen LogP contribution in [-0.4, -0.2) is 48.7 Å². The van der Waals surface area contributed by atoms with Gasteiger partial charge in [-0.15, -0.1) is 0 Å². The van der Waals surface area contributed by atoms with E-state index in [0.717, 1.165) is 12.8 Å². The third kappa shape index (κ3) is 7.00. The van der Waals surface area contributed by atoms with Gasteiger partial charge in [0.2, 0.25) is 0 Å². The molecule has 1 rings (SSSR count). The van der Waals surface area contributed by atoms with Crippen LogP contribution in [0, 0.1) is 0 Å². The fourth-order valence-corrected chi connectivity index (χ4v) is 2.70. The molecule has 1 amide bonds. The highest BCUT2D eigenvalue weighted by molar-refractivity contribution is 5.77. The second-order valence-corrected chi connectivity index (χ2v) is 6.85. The molecule has 1 fully saturated rings. The first-order chi connectivity index (χ1) is 10.3. The minimum atomic E-state index is -0.475. The normalized spacial score (nSPS) is 17.7. The Bertz CT molecular complexity index is 369. The maximum atomic E-state index is 12.5. The zero-order chi connectivity index (χ0) is 16.6. The summed E-state index contributed by atoms with van der Waals surface area (Å²) in [7, 11) is 1.64. The Morgan fingerprint density at radius 2 is 1.86 bits per heavy atom. The average molecular weight is 312 g/mol. The monoisotopic (exact) mass is 312 g/mol. The molecule has 6 heteroatoms. The minimum Gasteiger partial charge on any atom is -0.444 e. The Labute approximate surface area is 134 Å². The number of hydrogen-bond acceptors (Lipinski definition) is 3. The van der Waals surface area contributed by atoms with E-state index in [0.29, 0.717) is 19.0 Å². The second kappa shape index (κ2) is 8.86. The lowest BCUT2D eigenvalue weighted by atomic mass is 10.1. The zero-order valence-electron chi connectivity index (χ0n) is 14.5. The number of nitrogens with zero attached hydrogens (tertiary/aromatic N) is 2. The van der Waals surface area contributed by atoms with Crippen LogP contribution in [0.3, 0.4) is 0 Å². The fraction of sp³-hybridized carbons (Fsp3) is 0.875. The van der Waals surface area contributed by atoms with Crippen LogP contribution in [0.15, 0.2) is 4.99 Å². The van der Waals surface area contributed by atoms with E-state index in [4.69, 9.17) is 10.5 Å². The van der Waals surface area contributed by atoms with E-state index < -0.39 is 5.60 Å². The molecule has 0 heterocycles. The van der Waals surface area contributed by atoms with Gasteiger partial charge >= 0.3 is 6.09 Å². The summed E-state index contributed by atoms with van der Waals surface area (Å²) in [6.45, 7) is 6.86. The molecule has 0 atom stereocenters. The largest absolute Gasteiger partial charge is 0.444 e. The van der Waals surface area contributed by atoms with Crippen molar-refractivity contribution in [3.05, 3.63) is 0 Å². The molecule has 0 aromatic rings. The van der Waals surface area contributed by atoms with Crippen molar-refractivity contribution in [2.75, 3.05) is 20.1 Å². The third-order valence-corrected chi connectivity index (χ3v) is 3.79. The Kier molecular flexibility index (Phi) is 7.48. The zero-order valence-corrected chi connectivity index (χ0v) is 14.5. The van der Waals surface area contributed by atoms with E-state index >= 15 is 0 Å². The molecular weight excluding hydrogens is 280 g/mol. The number of amides is 1. The Hall–Kier alpha value is -1.46. The summed E-state index contributed by atoms with van der Waals surface area (Å²) >= 11 is 0. The van der Waals surface area contributed by atoms with E-state index in [-0.39, 0.29) is 12.1 Å². The molecule has 0 aromatic heterocycles. The molecule has 22 heavy (non-hydrogen) atoms. The van der Waals surface area contributed by atoms with E-state index in [1.165, 1.54) is 25.7 Å². The van der Waals surface area contributed by atoms with Crippen molar-refractivity contribution in [1.29, 1.82) is 0 Å². The standard InChI is InChI=1S/C16H32N4O2/c1-16(2,3)22-15(21)20(12-11-19-14(17)18-4)13-9-7-5-6-8-10-13/h13H,5-12H2,1-4H3,(H3,17,18,19). The smallest absolute Gasteiger partial charge is 0.410 e. The number of carbonyl (C=O) groups excluding carboxylic acids is 1. The lowest BCUT2D eigenvalue weighted by molar-refractivity contribution is 0.0149. The van der Waals surface area contributed by atoms with Crippen molar-refractivity contribution in [3.63, 3.8) is 0 Å². The molecule has 1 aliphatic carbocycles. The van der Waals surface area contributed by atoms with E-state index in [2.05, 4.69) is 10.3 Å². The highest BCUT2D eigenvalue weighted by atomic mass is 16.6. The van der Waals surface area contributed by atoms with Crippen molar-refractivity contribution < 1.29 is 9.53 Å². The Balaban J connectivity index is 2.68. The summed E-state index contributed by atoms with van der Waals surface area (Å²) in [5.74, 6) is 0.394. The molecule has 6 nitrogen and oxygen atoms in total. The number of ether oxygens (including phenoxy) is 1. The van der Waals surface area contributed by atoms with Gasteiger partial charge in [0.25, 0.3) is 0 Å². The van der Waals surface area contributed by atoms with Crippen LogP contribution < -0.4 is 11.1 Å². The number of aliphatic imine (C=N–C) groups is 1. The van der Waals surface area contributed by atoms with Gasteiger partial charge in [0.05, 0.1) is 0 Å². The molecule has 0 aliphatic heterocycles. The van der Waals surface area contributed by atoms with Crippen LogP contribution in [0.5, 0.6) is 0 Å². The predicted octanol–water partition coefficient (Wildman–Crippen LogP) is 2.48. The lowest BCUT2D eigenvalue weighted by Crippen LogP contribution is -2.47. The van der Waals surface area contributed by atoms with Crippen LogP contribution in [0.25, 0.3) is 0 Å². The average Bonchev–Trinajstić information content (AvgIpc) is 2.70. The minimum absolute atomic E-state index is 0.229. The number of hydrogen-bond donors (Lipinski definition) is 2. The van der Waals surface area contributed by atoms with Gasteiger partial charge in [0.1, 0.15) is 5.60 Å². The number of nitrogens with one attached hydrogen (secondary N) is 1. The van der Waals surface area contributed by atoms with Crippen LogP contribution in [0.1, 0.15) is 59.3 Å². The van der Waals surface area contributed by atoms with Crippen LogP contribution in [-0.2, 0) is 4.74 Å². The van der Waals surface area contributed by atoms with Crippen molar-refractivity contribution >= 4 is 12.1 Å². The summed E-state index contributed by atoms with van der Waals surface area (Å²) < 4.78 is 5.58. The molecular formula is C16H32N4O2. The van der Waals surface area contributed by atoms with E-state index in [1.54, 1.807) is 7.05 Å². The highest BCUT2D eigenvalue weighted by Crippen LogP contribution is 2.23. The molecule has 3 N–H and O–H groups in total. The predicted molar refractivity (Wildman–Crippen MR) is 90.0 cm³/mol. The first-order valence-electron chi connectivity index (χ1n) is 8.29. The SMILES string of the molecule is CN=C(N)NCCN(C(=O)OC(C)(C)C)C1CCCCCC1. The van der Waals surface area contributed by atoms with Gasteiger partial charge in [0, 0.05) is 26.2 Å². The maximum Gasteiger partial charge on any atom is 0.410 e. The maximum absolute atomic E-state index is 12.5. The second-order valence-electron chi connectivity index (χ2n) is 6.85. The molecule has 0 radical (unpaired) electrons. The van der Waals surface area contributed by atoms with Crippen molar-refractivity contribution in [3.8, 4) is 0 Å². The van der Waals surface area contributed by atoms with Gasteiger partial charge in [-0.2, -0.15) is 0 Å². The summed E-state index contributed by atoms with van der Waals surface area (Å²) in [6.07, 6.45) is 6.74. The first-order valence-corrected chi connectivity index (χ1v) is 8.29. The summed E-state index contributed by atoms with van der Waals surface area (Å²) in [6, 6.07) is 0.263. The van der Waals surface area contributed by atoms with E-state index in [9.17, 15) is 4.79 Å². The third-order valence-electron chi connectivity index (χ3n) is 3.79. The van der Waals surface area contributed by atoms with Gasteiger partial charge in [-0.25, -0.2) is 4.79 Å². The summed E-state index contributed by atoms with van der Waals surface area (Å²) in [5.41, 5.74) is 5.17. The van der Waals surface area contributed by atoms with Gasteiger partial charge < -0.3 is 20.7 Å². The summed E-state index contributed by atoms with van der Waals surface area (Å²) in [5, 5.41) is 3.01. The molecule has 0 bridgehead atoms. The molecule has 0 saturated heterocycles. The van der Waals surface area contributed by atoms with Crippen molar-refractivity contribution in [2.45, 2.75) is 70.9 Å². The molecule has 0 spiro atoms. The Morgan fingerprint density at radius 3 is 2.36 bits per heavy atom. The quantitative estimate of drug-likeness (QED) is 0.475. The lowest BCUT2D eigenvalue weighted by Gasteiger charge is -2.33. The Morgan fingerprint density at radius 1 is 1.27 bits per heavy atom. The van der Waals surface area contributed by atoms with E-state index in [1.807, 2.05) is 25.7 Å². The topological polar surface area (TPSA) is 80.0 Å². The highest BCUT2D eigenvalue weighted by Gasteiger charge is 2.28. The number of guanidine groups is 1. The fourth-order valence-electron chi connectivity index (χ4n) is 2.70. The van der Waals surface area contributed by atoms with Gasteiger partial charge in [0.15, 0.2) is 5.96 Å².